The molecule has 0 fully saturated rings. The third-order valence-corrected chi connectivity index (χ3v) is 4.69. The summed E-state index contributed by atoms with van der Waals surface area (Å²) in [6.07, 6.45) is 3.31. The fraction of sp³-hybridized carbons (Fsp3) is 0. The predicted molar refractivity (Wildman–Crippen MR) is 94.9 cm³/mol. The number of benzene rings is 2. The van der Waals surface area contributed by atoms with Gasteiger partial charge in [-0.15, -0.1) is 11.3 Å². The summed E-state index contributed by atoms with van der Waals surface area (Å²) in [4.78, 5) is 13.0. The highest BCUT2D eigenvalue weighted by Gasteiger charge is 2.12. The fourth-order valence-electron chi connectivity index (χ4n) is 2.17. The van der Waals surface area contributed by atoms with Gasteiger partial charge in [-0.25, -0.2) is 15.0 Å². The van der Waals surface area contributed by atoms with Gasteiger partial charge in [-0.3, -0.25) is 0 Å². The van der Waals surface area contributed by atoms with Crippen molar-refractivity contribution in [1.29, 1.82) is 0 Å². The van der Waals surface area contributed by atoms with E-state index >= 15 is 0 Å². The molecule has 0 saturated carbocycles. The molecule has 4 rings (SSSR count). The van der Waals surface area contributed by atoms with Crippen LogP contribution in [0.4, 0.5) is 0 Å². The number of hydrogen-bond acceptors (Lipinski definition) is 5. The molecule has 2 aromatic heterocycles. The maximum absolute atomic E-state index is 5.84. The quantitative estimate of drug-likeness (QED) is 0.480. The molecule has 2 aromatic carbocycles. The molecule has 4 aromatic rings. The van der Waals surface area contributed by atoms with Gasteiger partial charge in [0, 0.05) is 12.4 Å². The average molecular weight is 384 g/mol. The normalized spacial score (nSPS) is 10.8. The number of nitrogens with zero attached hydrogens (tertiary/aromatic N) is 3. The molecule has 0 atom stereocenters. The largest absolute Gasteiger partial charge is 0.424 e. The van der Waals surface area contributed by atoms with E-state index in [1.807, 2.05) is 42.5 Å². The third kappa shape index (κ3) is 2.95. The minimum Gasteiger partial charge on any atom is -0.424 e. The first-order valence-electron chi connectivity index (χ1n) is 6.90. The van der Waals surface area contributed by atoms with Crippen molar-refractivity contribution in [2.45, 2.75) is 0 Å². The lowest BCUT2D eigenvalue weighted by molar-refractivity contribution is 0.443. The molecule has 0 unspecified atom stereocenters. The predicted octanol–water partition coefficient (Wildman–Crippen LogP) is 5.31. The zero-order chi connectivity index (χ0) is 15.6. The first-order chi connectivity index (χ1) is 11.3. The maximum Gasteiger partial charge on any atom is 0.321 e. The lowest BCUT2D eigenvalue weighted by Crippen LogP contribution is -1.92. The molecule has 0 spiro atoms. The number of aromatic nitrogens is 3. The van der Waals surface area contributed by atoms with Crippen molar-refractivity contribution in [3.05, 3.63) is 65.4 Å². The number of para-hydroxylation sites is 2. The van der Waals surface area contributed by atoms with Crippen molar-refractivity contribution in [2.75, 3.05) is 0 Å². The molecule has 0 amide bonds. The third-order valence-electron chi connectivity index (χ3n) is 3.21. The first-order valence-corrected chi connectivity index (χ1v) is 8.51. The Bertz CT molecular complexity index is 936. The van der Waals surface area contributed by atoms with Gasteiger partial charge in [0.05, 0.1) is 20.3 Å². The Morgan fingerprint density at radius 2 is 1.65 bits per heavy atom. The maximum atomic E-state index is 5.84. The van der Waals surface area contributed by atoms with E-state index in [9.17, 15) is 0 Å². The van der Waals surface area contributed by atoms with Crippen LogP contribution in [0.25, 0.3) is 20.8 Å². The summed E-state index contributed by atoms with van der Waals surface area (Å²) in [7, 11) is 0. The van der Waals surface area contributed by atoms with Crippen LogP contribution in [0.1, 0.15) is 0 Å². The van der Waals surface area contributed by atoms with Crippen LogP contribution in [-0.2, 0) is 0 Å². The van der Waals surface area contributed by atoms with E-state index in [4.69, 9.17) is 4.74 Å². The highest BCUT2D eigenvalue weighted by atomic mass is 79.9. The van der Waals surface area contributed by atoms with Crippen molar-refractivity contribution >= 4 is 37.5 Å². The summed E-state index contributed by atoms with van der Waals surface area (Å²) < 4.78 is 7.80. The number of fused-ring (bicyclic) bond motifs is 1. The second-order valence-electron chi connectivity index (χ2n) is 4.77. The van der Waals surface area contributed by atoms with Gasteiger partial charge < -0.3 is 4.74 Å². The summed E-state index contributed by atoms with van der Waals surface area (Å²) in [5, 5.41) is 0.916. The van der Waals surface area contributed by atoms with Crippen molar-refractivity contribution in [2.24, 2.45) is 0 Å². The van der Waals surface area contributed by atoms with E-state index in [-0.39, 0.29) is 0 Å². The molecule has 0 aliphatic heterocycles. The molecule has 2 heterocycles. The van der Waals surface area contributed by atoms with E-state index in [0.717, 1.165) is 25.3 Å². The van der Waals surface area contributed by atoms with Gasteiger partial charge in [0.15, 0.2) is 0 Å². The van der Waals surface area contributed by atoms with Gasteiger partial charge in [-0.2, -0.15) is 0 Å². The summed E-state index contributed by atoms with van der Waals surface area (Å²) in [6, 6.07) is 16.2. The summed E-state index contributed by atoms with van der Waals surface area (Å²) in [6.45, 7) is 0. The standard InChI is InChI=1S/C17H10BrN3OS/c18-11-9-19-17(20-10-11)22-14-7-3-1-5-12(14)16-21-13-6-2-4-8-15(13)23-16/h1-10H. The number of rotatable bonds is 3. The van der Waals surface area contributed by atoms with Crippen LogP contribution in [-0.4, -0.2) is 15.0 Å². The molecule has 112 valence electrons. The van der Waals surface area contributed by atoms with Gasteiger partial charge in [0.2, 0.25) is 0 Å². The molecule has 4 nitrogen and oxygen atoms in total. The molecular weight excluding hydrogens is 374 g/mol. The molecule has 0 N–H and O–H groups in total. The molecule has 0 bridgehead atoms. The Labute approximate surface area is 145 Å². The molecule has 0 radical (unpaired) electrons. The Kier molecular flexibility index (Phi) is 3.77. The Hall–Kier alpha value is -2.31. The van der Waals surface area contributed by atoms with Crippen LogP contribution in [0.15, 0.2) is 65.4 Å². The first kappa shape index (κ1) is 14.3. The zero-order valence-corrected chi connectivity index (χ0v) is 14.2. The van der Waals surface area contributed by atoms with Gasteiger partial charge in [0.1, 0.15) is 10.8 Å². The number of ether oxygens (including phenoxy) is 1. The Morgan fingerprint density at radius 1 is 0.913 bits per heavy atom. The van der Waals surface area contributed by atoms with Gasteiger partial charge in [-0.05, 0) is 40.2 Å². The second kappa shape index (κ2) is 6.06. The van der Waals surface area contributed by atoms with Crippen LogP contribution in [0.5, 0.6) is 11.8 Å². The summed E-state index contributed by atoms with van der Waals surface area (Å²) in [5.74, 6) is 0.689. The van der Waals surface area contributed by atoms with Crippen LogP contribution < -0.4 is 4.74 Å². The minimum absolute atomic E-state index is 0.307. The fourth-order valence-corrected chi connectivity index (χ4v) is 3.37. The Morgan fingerprint density at radius 3 is 2.48 bits per heavy atom. The number of hydrogen-bond donors (Lipinski definition) is 0. The van der Waals surface area contributed by atoms with Gasteiger partial charge >= 0.3 is 6.01 Å². The molecule has 0 aliphatic rings. The smallest absolute Gasteiger partial charge is 0.321 e. The summed E-state index contributed by atoms with van der Waals surface area (Å²) >= 11 is 4.95. The van der Waals surface area contributed by atoms with E-state index in [1.54, 1.807) is 23.7 Å². The molecule has 0 aliphatic carbocycles. The zero-order valence-electron chi connectivity index (χ0n) is 11.8. The average Bonchev–Trinajstić information content (AvgIpc) is 3.01. The topological polar surface area (TPSA) is 47.9 Å². The minimum atomic E-state index is 0.307. The molecule has 0 saturated heterocycles. The highest BCUT2D eigenvalue weighted by molar-refractivity contribution is 9.10. The van der Waals surface area contributed by atoms with E-state index < -0.39 is 0 Å². The van der Waals surface area contributed by atoms with Crippen molar-refractivity contribution in [3.63, 3.8) is 0 Å². The molecular formula is C17H10BrN3OS. The SMILES string of the molecule is Brc1cnc(Oc2ccccc2-c2nc3ccccc3s2)nc1. The second-order valence-corrected chi connectivity index (χ2v) is 6.72. The summed E-state index contributed by atoms with van der Waals surface area (Å²) in [5.41, 5.74) is 1.92. The highest BCUT2D eigenvalue weighted by Crippen LogP contribution is 2.36. The monoisotopic (exact) mass is 383 g/mol. The van der Waals surface area contributed by atoms with E-state index in [2.05, 4.69) is 36.9 Å². The van der Waals surface area contributed by atoms with Crippen LogP contribution >= 0.6 is 27.3 Å². The molecule has 23 heavy (non-hydrogen) atoms. The Balaban J connectivity index is 1.75. The van der Waals surface area contributed by atoms with Crippen LogP contribution in [0.3, 0.4) is 0 Å². The van der Waals surface area contributed by atoms with Crippen molar-refractivity contribution in [3.8, 4) is 22.3 Å². The van der Waals surface area contributed by atoms with Gasteiger partial charge in [-0.1, -0.05) is 24.3 Å². The van der Waals surface area contributed by atoms with Crippen molar-refractivity contribution in [1.82, 2.24) is 15.0 Å². The van der Waals surface area contributed by atoms with E-state index in [1.165, 1.54) is 0 Å². The number of halogens is 1. The van der Waals surface area contributed by atoms with E-state index in [0.29, 0.717) is 11.8 Å². The lowest BCUT2D eigenvalue weighted by Gasteiger charge is -2.07. The van der Waals surface area contributed by atoms with Crippen LogP contribution in [0.2, 0.25) is 0 Å². The lowest BCUT2D eigenvalue weighted by atomic mass is 10.2. The van der Waals surface area contributed by atoms with Crippen molar-refractivity contribution < 1.29 is 4.74 Å². The van der Waals surface area contributed by atoms with Gasteiger partial charge in [0.25, 0.3) is 0 Å². The number of thiazole rings is 1. The van der Waals surface area contributed by atoms with Crippen LogP contribution in [0, 0.1) is 0 Å². The molecule has 6 heteroatoms.